The maximum Gasteiger partial charge on any atom is 0.240 e. The number of pyridine rings is 1. The monoisotopic (exact) mass is 403 g/mol. The zero-order valence-electron chi connectivity index (χ0n) is 16.8. The van der Waals surface area contributed by atoms with Crippen molar-refractivity contribution in [1.29, 1.82) is 0 Å². The van der Waals surface area contributed by atoms with Crippen LogP contribution in [0.1, 0.15) is 29.5 Å². The summed E-state index contributed by atoms with van der Waals surface area (Å²) in [6.45, 7) is 7.10. The van der Waals surface area contributed by atoms with E-state index in [1.54, 1.807) is 19.2 Å². The minimum absolute atomic E-state index is 0.304. The molecule has 0 radical (unpaired) electrons. The molecule has 0 bridgehead atoms. The van der Waals surface area contributed by atoms with Crippen LogP contribution in [0.15, 0.2) is 41.6 Å². The van der Waals surface area contributed by atoms with Crippen LogP contribution in [0.5, 0.6) is 5.75 Å². The van der Waals surface area contributed by atoms with Crippen molar-refractivity contribution in [2.24, 2.45) is 5.92 Å². The van der Waals surface area contributed by atoms with Crippen molar-refractivity contribution in [2.45, 2.75) is 38.1 Å². The van der Waals surface area contributed by atoms with Gasteiger partial charge in [0.2, 0.25) is 10.0 Å². The summed E-state index contributed by atoms with van der Waals surface area (Å²) < 4.78 is 33.6. The van der Waals surface area contributed by atoms with E-state index in [1.807, 2.05) is 38.4 Å². The third-order valence-corrected chi connectivity index (χ3v) is 6.78. The number of methoxy groups -OCH3 is 1. The van der Waals surface area contributed by atoms with Crippen molar-refractivity contribution in [1.82, 2.24) is 14.6 Å². The Bertz CT molecular complexity index is 869. The first-order valence-electron chi connectivity index (χ1n) is 9.65. The molecule has 1 aromatic heterocycles. The molecular weight excluding hydrogens is 374 g/mol. The minimum Gasteiger partial charge on any atom is -0.496 e. The molecule has 0 aliphatic carbocycles. The van der Waals surface area contributed by atoms with Crippen LogP contribution in [-0.2, 0) is 16.6 Å². The van der Waals surface area contributed by atoms with E-state index < -0.39 is 10.0 Å². The highest BCUT2D eigenvalue weighted by Gasteiger charge is 2.23. The van der Waals surface area contributed by atoms with E-state index in [0.717, 1.165) is 49.4 Å². The van der Waals surface area contributed by atoms with Gasteiger partial charge in [0.15, 0.2) is 0 Å². The lowest BCUT2D eigenvalue weighted by Gasteiger charge is -2.32. The molecule has 2 heterocycles. The number of ether oxygens (including phenoxy) is 1. The zero-order chi connectivity index (χ0) is 20.1. The lowest BCUT2D eigenvalue weighted by Crippen LogP contribution is -2.38. The molecule has 0 amide bonds. The van der Waals surface area contributed by atoms with Crippen molar-refractivity contribution in [3.8, 4) is 5.75 Å². The maximum atomic E-state index is 12.7. The van der Waals surface area contributed by atoms with Crippen molar-refractivity contribution >= 4 is 10.0 Å². The molecular formula is C21H29N3O3S. The number of hydrogen-bond donors (Lipinski definition) is 1. The lowest BCUT2D eigenvalue weighted by molar-refractivity contribution is 0.178. The Balaban J connectivity index is 1.53. The number of hydrogen-bond acceptors (Lipinski definition) is 5. The summed E-state index contributed by atoms with van der Waals surface area (Å²) in [5, 5.41) is 0. The fourth-order valence-corrected chi connectivity index (χ4v) is 5.08. The van der Waals surface area contributed by atoms with E-state index in [-0.39, 0.29) is 0 Å². The third-order valence-electron chi connectivity index (χ3n) is 5.37. The Morgan fingerprint density at radius 2 is 1.75 bits per heavy atom. The number of benzene rings is 1. The first-order chi connectivity index (χ1) is 13.4. The number of rotatable bonds is 7. The van der Waals surface area contributed by atoms with Crippen LogP contribution in [0.4, 0.5) is 0 Å². The summed E-state index contributed by atoms with van der Waals surface area (Å²) in [7, 11) is -1.92. The summed E-state index contributed by atoms with van der Waals surface area (Å²) in [6.07, 6.45) is 5.63. The van der Waals surface area contributed by atoms with E-state index in [9.17, 15) is 8.42 Å². The molecule has 1 N–H and O–H groups in total. The quantitative estimate of drug-likeness (QED) is 0.770. The van der Waals surface area contributed by atoms with Gasteiger partial charge in [-0.3, -0.25) is 9.88 Å². The van der Waals surface area contributed by atoms with Gasteiger partial charge in [0, 0.05) is 25.5 Å². The molecule has 0 atom stereocenters. The van der Waals surface area contributed by atoms with Gasteiger partial charge in [-0.2, -0.15) is 0 Å². The maximum absolute atomic E-state index is 12.7. The number of nitrogens with zero attached hydrogens (tertiary/aromatic N) is 2. The van der Waals surface area contributed by atoms with Gasteiger partial charge in [-0.1, -0.05) is 0 Å². The molecule has 0 unspecified atom stereocenters. The van der Waals surface area contributed by atoms with Crippen LogP contribution in [0.25, 0.3) is 0 Å². The van der Waals surface area contributed by atoms with Gasteiger partial charge in [0.05, 0.1) is 12.0 Å². The van der Waals surface area contributed by atoms with E-state index in [0.29, 0.717) is 17.4 Å². The number of aromatic nitrogens is 1. The normalized spacial score (nSPS) is 16.2. The van der Waals surface area contributed by atoms with Gasteiger partial charge in [-0.15, -0.1) is 0 Å². The van der Waals surface area contributed by atoms with Gasteiger partial charge in [-0.05, 0) is 86.7 Å². The Morgan fingerprint density at radius 3 is 2.32 bits per heavy atom. The number of likely N-dealkylation sites (tertiary alicyclic amines) is 1. The second kappa shape index (κ2) is 9.03. The molecule has 1 saturated heterocycles. The summed E-state index contributed by atoms with van der Waals surface area (Å²) in [6, 6.07) is 7.43. The number of aryl methyl sites for hydroxylation is 2. The second-order valence-electron chi connectivity index (χ2n) is 7.52. The molecule has 1 aromatic carbocycles. The standard InChI is InChI=1S/C21H29N3O3S/c1-16-12-20(13-17(2)21(16)27-3)28(25,26)23-14-18-6-10-24(11-7-18)15-19-4-8-22-9-5-19/h4-5,8-9,12-13,18,23H,6-7,10-11,14-15H2,1-3H3. The Kier molecular flexibility index (Phi) is 6.69. The molecule has 28 heavy (non-hydrogen) atoms. The van der Waals surface area contributed by atoms with Gasteiger partial charge in [-0.25, -0.2) is 13.1 Å². The second-order valence-corrected chi connectivity index (χ2v) is 9.28. The lowest BCUT2D eigenvalue weighted by atomic mass is 9.97. The Labute approximate surface area is 168 Å². The van der Waals surface area contributed by atoms with Gasteiger partial charge >= 0.3 is 0 Å². The molecule has 1 aliphatic heterocycles. The average Bonchev–Trinajstić information content (AvgIpc) is 2.68. The summed E-state index contributed by atoms with van der Waals surface area (Å²) in [5.41, 5.74) is 2.92. The molecule has 2 aromatic rings. The summed E-state index contributed by atoms with van der Waals surface area (Å²) in [5.74, 6) is 1.10. The molecule has 1 fully saturated rings. The van der Waals surface area contributed by atoms with Crippen LogP contribution in [0.2, 0.25) is 0 Å². The molecule has 0 saturated carbocycles. The van der Waals surface area contributed by atoms with Crippen LogP contribution >= 0.6 is 0 Å². The van der Waals surface area contributed by atoms with E-state index in [2.05, 4.69) is 14.6 Å². The highest BCUT2D eigenvalue weighted by molar-refractivity contribution is 7.89. The average molecular weight is 404 g/mol. The van der Waals surface area contributed by atoms with Crippen molar-refractivity contribution in [3.63, 3.8) is 0 Å². The van der Waals surface area contributed by atoms with Crippen LogP contribution in [0.3, 0.4) is 0 Å². The van der Waals surface area contributed by atoms with E-state index in [1.165, 1.54) is 5.56 Å². The first-order valence-corrected chi connectivity index (χ1v) is 11.1. The number of nitrogens with one attached hydrogen (secondary N) is 1. The number of sulfonamides is 1. The predicted octanol–water partition coefficient (Wildman–Crippen LogP) is 2.90. The molecule has 7 heteroatoms. The van der Waals surface area contributed by atoms with Crippen LogP contribution in [-0.4, -0.2) is 45.0 Å². The SMILES string of the molecule is COc1c(C)cc(S(=O)(=O)NCC2CCN(Cc3ccncc3)CC2)cc1C. The van der Waals surface area contributed by atoms with Gasteiger partial charge in [0.1, 0.15) is 5.75 Å². The van der Waals surface area contributed by atoms with Crippen molar-refractivity contribution in [3.05, 3.63) is 53.3 Å². The van der Waals surface area contributed by atoms with E-state index >= 15 is 0 Å². The highest BCUT2D eigenvalue weighted by atomic mass is 32.2. The molecule has 1 aliphatic rings. The predicted molar refractivity (Wildman–Crippen MR) is 110 cm³/mol. The van der Waals surface area contributed by atoms with Crippen LogP contribution in [0, 0.1) is 19.8 Å². The first kappa shape index (κ1) is 20.8. The van der Waals surface area contributed by atoms with Crippen LogP contribution < -0.4 is 9.46 Å². The van der Waals surface area contributed by atoms with Gasteiger partial charge in [0.25, 0.3) is 0 Å². The fraction of sp³-hybridized carbons (Fsp3) is 0.476. The zero-order valence-corrected chi connectivity index (χ0v) is 17.6. The largest absolute Gasteiger partial charge is 0.496 e. The molecule has 6 nitrogen and oxygen atoms in total. The third kappa shape index (κ3) is 5.10. The van der Waals surface area contributed by atoms with E-state index in [4.69, 9.17) is 4.74 Å². The summed E-state index contributed by atoms with van der Waals surface area (Å²) >= 11 is 0. The smallest absolute Gasteiger partial charge is 0.240 e. The topological polar surface area (TPSA) is 71.5 Å². The highest BCUT2D eigenvalue weighted by Crippen LogP contribution is 2.26. The fourth-order valence-electron chi connectivity index (χ4n) is 3.79. The molecule has 0 spiro atoms. The van der Waals surface area contributed by atoms with Gasteiger partial charge < -0.3 is 4.74 Å². The van der Waals surface area contributed by atoms with Crippen molar-refractivity contribution in [2.75, 3.05) is 26.7 Å². The Morgan fingerprint density at radius 1 is 1.14 bits per heavy atom. The number of piperidine rings is 1. The molecule has 3 rings (SSSR count). The Hall–Kier alpha value is -1.96. The summed E-state index contributed by atoms with van der Waals surface area (Å²) in [4.78, 5) is 6.77. The minimum atomic E-state index is -3.52. The van der Waals surface area contributed by atoms with Crippen molar-refractivity contribution < 1.29 is 13.2 Å². The molecule has 152 valence electrons.